The molecular formula is C16H16ClNO3. The van der Waals surface area contributed by atoms with Crippen molar-refractivity contribution in [2.75, 3.05) is 6.61 Å². The summed E-state index contributed by atoms with van der Waals surface area (Å²) in [5, 5.41) is 0.584. The first-order valence-corrected chi connectivity index (χ1v) is 7.06. The van der Waals surface area contributed by atoms with E-state index in [0.29, 0.717) is 17.3 Å². The van der Waals surface area contributed by atoms with E-state index in [9.17, 15) is 9.59 Å². The van der Waals surface area contributed by atoms with E-state index in [1.807, 2.05) is 12.1 Å². The highest BCUT2D eigenvalue weighted by Crippen LogP contribution is 2.26. The van der Waals surface area contributed by atoms with Crippen LogP contribution in [0.4, 0.5) is 0 Å². The van der Waals surface area contributed by atoms with Gasteiger partial charge in [-0.15, -0.1) is 0 Å². The molecule has 0 aliphatic rings. The Morgan fingerprint density at radius 1 is 1.38 bits per heavy atom. The van der Waals surface area contributed by atoms with Gasteiger partial charge >= 0.3 is 5.97 Å². The molecule has 0 amide bonds. The van der Waals surface area contributed by atoms with Crippen molar-refractivity contribution in [2.24, 2.45) is 0 Å². The smallest absolute Gasteiger partial charge is 0.308 e. The van der Waals surface area contributed by atoms with E-state index in [-0.39, 0.29) is 18.4 Å². The predicted octanol–water partition coefficient (Wildman–Crippen LogP) is 3.50. The standard InChI is InChI=1S/C16H16ClNO3/c1-2-21-16(20)10-15(12-5-3-6-13(17)9-12)18-8-4-7-14(18)11-19/h3-9,11,15H,2,10H2,1H3/t15-/m1/s1. The van der Waals surface area contributed by atoms with Crippen molar-refractivity contribution in [3.8, 4) is 0 Å². The molecule has 0 saturated carbocycles. The summed E-state index contributed by atoms with van der Waals surface area (Å²) in [5.74, 6) is -0.312. The number of carbonyl (C=O) groups is 2. The number of hydrogen-bond acceptors (Lipinski definition) is 3. The molecule has 0 radical (unpaired) electrons. The van der Waals surface area contributed by atoms with Gasteiger partial charge in [0.15, 0.2) is 6.29 Å². The van der Waals surface area contributed by atoms with Gasteiger partial charge in [-0.05, 0) is 36.8 Å². The number of esters is 1. The number of ether oxygens (including phenoxy) is 1. The van der Waals surface area contributed by atoms with E-state index >= 15 is 0 Å². The molecule has 1 aromatic carbocycles. The molecule has 0 saturated heterocycles. The molecule has 0 spiro atoms. The summed E-state index contributed by atoms with van der Waals surface area (Å²) in [6, 6.07) is 10.4. The molecule has 110 valence electrons. The Morgan fingerprint density at radius 3 is 2.86 bits per heavy atom. The number of aldehydes is 1. The summed E-state index contributed by atoms with van der Waals surface area (Å²) >= 11 is 6.03. The number of nitrogens with zero attached hydrogens (tertiary/aromatic N) is 1. The molecule has 2 rings (SSSR count). The van der Waals surface area contributed by atoms with Crippen LogP contribution in [0.15, 0.2) is 42.6 Å². The van der Waals surface area contributed by atoms with E-state index in [2.05, 4.69) is 0 Å². The molecule has 0 aliphatic carbocycles. The van der Waals surface area contributed by atoms with Crippen LogP contribution >= 0.6 is 11.6 Å². The van der Waals surface area contributed by atoms with Gasteiger partial charge in [0.25, 0.3) is 0 Å². The van der Waals surface area contributed by atoms with Gasteiger partial charge in [0, 0.05) is 11.2 Å². The van der Waals surface area contributed by atoms with Crippen LogP contribution in [0.5, 0.6) is 0 Å². The SMILES string of the molecule is CCOC(=O)C[C@H](c1cccc(Cl)c1)n1cccc1C=O. The molecule has 0 aliphatic heterocycles. The maximum Gasteiger partial charge on any atom is 0.308 e. The maximum absolute atomic E-state index is 11.8. The van der Waals surface area contributed by atoms with Crippen LogP contribution in [-0.2, 0) is 9.53 Å². The monoisotopic (exact) mass is 305 g/mol. The van der Waals surface area contributed by atoms with Gasteiger partial charge in [0.1, 0.15) is 0 Å². The van der Waals surface area contributed by atoms with Crippen LogP contribution in [0.2, 0.25) is 5.02 Å². The normalized spacial score (nSPS) is 11.9. The maximum atomic E-state index is 11.8. The van der Waals surface area contributed by atoms with Gasteiger partial charge in [0.05, 0.1) is 24.8 Å². The van der Waals surface area contributed by atoms with Crippen molar-refractivity contribution in [3.63, 3.8) is 0 Å². The van der Waals surface area contributed by atoms with Crippen molar-refractivity contribution in [1.82, 2.24) is 4.57 Å². The Bertz CT molecular complexity index is 636. The second kappa shape index (κ2) is 7.09. The predicted molar refractivity (Wildman–Crippen MR) is 80.7 cm³/mol. The Kier molecular flexibility index (Phi) is 5.17. The minimum absolute atomic E-state index is 0.143. The second-order valence-corrected chi connectivity index (χ2v) is 4.97. The van der Waals surface area contributed by atoms with Crippen molar-refractivity contribution in [2.45, 2.75) is 19.4 Å². The average Bonchev–Trinajstić information content (AvgIpc) is 2.93. The van der Waals surface area contributed by atoms with Gasteiger partial charge in [-0.1, -0.05) is 23.7 Å². The lowest BCUT2D eigenvalue weighted by Crippen LogP contribution is -2.18. The molecule has 0 unspecified atom stereocenters. The topological polar surface area (TPSA) is 48.3 Å². The molecule has 0 fully saturated rings. The number of carbonyl (C=O) groups excluding carboxylic acids is 2. The Balaban J connectivity index is 2.39. The third-order valence-electron chi connectivity index (χ3n) is 3.17. The summed E-state index contributed by atoms with van der Waals surface area (Å²) in [6.07, 6.45) is 2.68. The first-order chi connectivity index (χ1) is 10.2. The molecule has 1 heterocycles. The number of halogens is 1. The molecule has 2 aromatic rings. The lowest BCUT2D eigenvalue weighted by Gasteiger charge is -2.20. The highest BCUT2D eigenvalue weighted by molar-refractivity contribution is 6.30. The van der Waals surface area contributed by atoms with Gasteiger partial charge in [0.2, 0.25) is 0 Å². The summed E-state index contributed by atoms with van der Waals surface area (Å²) in [6.45, 7) is 2.09. The van der Waals surface area contributed by atoms with E-state index in [1.165, 1.54) is 0 Å². The van der Waals surface area contributed by atoms with E-state index in [4.69, 9.17) is 16.3 Å². The third-order valence-corrected chi connectivity index (χ3v) is 3.40. The second-order valence-electron chi connectivity index (χ2n) is 4.54. The van der Waals surface area contributed by atoms with Crippen LogP contribution < -0.4 is 0 Å². The summed E-state index contributed by atoms with van der Waals surface area (Å²) in [4.78, 5) is 23.0. The highest BCUT2D eigenvalue weighted by atomic mass is 35.5. The fourth-order valence-electron chi connectivity index (χ4n) is 2.26. The average molecular weight is 306 g/mol. The lowest BCUT2D eigenvalue weighted by molar-refractivity contribution is -0.143. The van der Waals surface area contributed by atoms with Gasteiger partial charge < -0.3 is 9.30 Å². The van der Waals surface area contributed by atoms with Crippen LogP contribution in [0.25, 0.3) is 0 Å². The van der Waals surface area contributed by atoms with E-state index < -0.39 is 0 Å². The number of rotatable bonds is 6. The first kappa shape index (κ1) is 15.3. The minimum Gasteiger partial charge on any atom is -0.466 e. The molecular weight excluding hydrogens is 290 g/mol. The zero-order valence-electron chi connectivity index (χ0n) is 11.7. The van der Waals surface area contributed by atoms with Crippen LogP contribution in [0.1, 0.15) is 35.4 Å². The quantitative estimate of drug-likeness (QED) is 0.606. The van der Waals surface area contributed by atoms with Crippen molar-refractivity contribution >= 4 is 23.9 Å². The van der Waals surface area contributed by atoms with Gasteiger partial charge in [-0.25, -0.2) is 0 Å². The number of hydrogen-bond donors (Lipinski definition) is 0. The van der Waals surface area contributed by atoms with Crippen molar-refractivity contribution in [3.05, 3.63) is 58.9 Å². The van der Waals surface area contributed by atoms with Gasteiger partial charge in [-0.3, -0.25) is 9.59 Å². The number of aromatic nitrogens is 1. The summed E-state index contributed by atoms with van der Waals surface area (Å²) in [7, 11) is 0. The molecule has 21 heavy (non-hydrogen) atoms. The summed E-state index contributed by atoms with van der Waals surface area (Å²) in [5.41, 5.74) is 1.36. The Morgan fingerprint density at radius 2 is 2.19 bits per heavy atom. The summed E-state index contributed by atoms with van der Waals surface area (Å²) < 4.78 is 6.78. The zero-order valence-corrected chi connectivity index (χ0v) is 12.4. The van der Waals surface area contributed by atoms with Crippen molar-refractivity contribution < 1.29 is 14.3 Å². The number of benzene rings is 1. The molecule has 0 bridgehead atoms. The van der Waals surface area contributed by atoms with E-state index in [0.717, 1.165) is 11.8 Å². The molecule has 1 atom stereocenters. The van der Waals surface area contributed by atoms with Crippen molar-refractivity contribution in [1.29, 1.82) is 0 Å². The third kappa shape index (κ3) is 3.73. The van der Waals surface area contributed by atoms with Gasteiger partial charge in [-0.2, -0.15) is 0 Å². The molecule has 4 nitrogen and oxygen atoms in total. The Hall–Kier alpha value is -2.07. The fourth-order valence-corrected chi connectivity index (χ4v) is 2.46. The van der Waals surface area contributed by atoms with E-state index in [1.54, 1.807) is 42.0 Å². The largest absolute Gasteiger partial charge is 0.466 e. The fraction of sp³-hybridized carbons (Fsp3) is 0.250. The van der Waals surface area contributed by atoms with Crippen LogP contribution in [-0.4, -0.2) is 23.4 Å². The Labute approximate surface area is 128 Å². The minimum atomic E-state index is -0.321. The molecule has 0 N–H and O–H groups in total. The zero-order chi connectivity index (χ0) is 15.2. The first-order valence-electron chi connectivity index (χ1n) is 6.68. The lowest BCUT2D eigenvalue weighted by atomic mass is 10.0. The highest BCUT2D eigenvalue weighted by Gasteiger charge is 2.20. The molecule has 5 heteroatoms. The van der Waals surface area contributed by atoms with Crippen LogP contribution in [0, 0.1) is 0 Å². The molecule has 1 aromatic heterocycles. The van der Waals surface area contributed by atoms with Crippen LogP contribution in [0.3, 0.4) is 0 Å².